The van der Waals surface area contributed by atoms with E-state index in [1.54, 1.807) is 13.8 Å². The standard InChI is InChI=1S/C34H36O15/c1-18(35)44-17-33-25(47-29(38)21-7-10-42-15-21)12-23-26(45-19(2)36)34(33,49-31(23,3)4)32(5,40)13-24(46-28(37)20-6-9-41-14-20)27(33)48-30(39)22-8-11-43-16-22/h6-11,14-16,23-27,40H,12-13,17H2,1-5H3/t23-,24?,25?,26?,27?,32-,33-,34+/m1/s1. The van der Waals surface area contributed by atoms with Crippen LogP contribution in [0.4, 0.5) is 0 Å². The van der Waals surface area contributed by atoms with Gasteiger partial charge in [-0.05, 0) is 45.4 Å². The Kier molecular flexibility index (Phi) is 8.47. The molecule has 0 amide bonds. The van der Waals surface area contributed by atoms with Crippen LogP contribution in [-0.2, 0) is 38.0 Å². The summed E-state index contributed by atoms with van der Waals surface area (Å²) in [7, 11) is 0. The fraction of sp³-hybridized carbons (Fsp3) is 0.500. The third-order valence-corrected chi connectivity index (χ3v) is 9.88. The maximum Gasteiger partial charge on any atom is 0.341 e. The first-order chi connectivity index (χ1) is 23.1. The Hall–Kier alpha value is -4.89. The largest absolute Gasteiger partial charge is 0.472 e. The van der Waals surface area contributed by atoms with Crippen LogP contribution in [0.15, 0.2) is 69.0 Å². The molecule has 3 aromatic heterocycles. The summed E-state index contributed by atoms with van der Waals surface area (Å²) in [5.41, 5.74) is -7.50. The summed E-state index contributed by atoms with van der Waals surface area (Å²) in [5.74, 6) is -4.94. The van der Waals surface area contributed by atoms with Crippen LogP contribution in [0.2, 0.25) is 0 Å². The Morgan fingerprint density at radius 3 is 1.78 bits per heavy atom. The van der Waals surface area contributed by atoms with E-state index in [2.05, 4.69) is 0 Å². The Labute approximate surface area is 279 Å². The van der Waals surface area contributed by atoms with Crippen molar-refractivity contribution < 1.29 is 70.8 Å². The molecule has 2 bridgehead atoms. The number of hydrogen-bond acceptors (Lipinski definition) is 15. The molecule has 0 aromatic carbocycles. The minimum Gasteiger partial charge on any atom is -0.472 e. The van der Waals surface area contributed by atoms with Crippen molar-refractivity contribution in [2.75, 3.05) is 6.61 Å². The zero-order chi connectivity index (χ0) is 35.4. The number of rotatable bonds is 9. The van der Waals surface area contributed by atoms with Crippen LogP contribution in [0, 0.1) is 11.3 Å². The highest BCUT2D eigenvalue weighted by atomic mass is 16.6. The lowest BCUT2D eigenvalue weighted by Crippen LogP contribution is -2.83. The topological polar surface area (TPSA) is 200 Å². The second-order valence-corrected chi connectivity index (χ2v) is 13.3. The van der Waals surface area contributed by atoms with Gasteiger partial charge in [0.15, 0.2) is 11.7 Å². The van der Waals surface area contributed by atoms with Gasteiger partial charge in [0.1, 0.15) is 49.1 Å². The number of carbonyl (C=O) groups is 5. The average molecular weight is 685 g/mol. The SMILES string of the molecule is CC(=O)OC[C@]12C(OC(=O)c3ccoc3)C[C@@H]3C(OC(C)=O)[C@]1(OC3(C)C)[C@](C)(O)CC(OC(=O)c1ccoc1)C2OC(=O)c1ccoc1. The van der Waals surface area contributed by atoms with Crippen LogP contribution in [-0.4, -0.2) is 82.8 Å². The first-order valence-electron chi connectivity index (χ1n) is 15.6. The lowest BCUT2D eigenvalue weighted by atomic mass is 9.46. The molecule has 3 fully saturated rings. The summed E-state index contributed by atoms with van der Waals surface area (Å²) in [6, 6.07) is 4.07. The van der Waals surface area contributed by atoms with E-state index in [-0.39, 0.29) is 23.1 Å². The number of fused-ring (bicyclic) bond motifs is 1. The molecule has 4 heterocycles. The van der Waals surface area contributed by atoms with Crippen molar-refractivity contribution in [3.05, 3.63) is 72.5 Å². The molecule has 3 aromatic rings. The number of esters is 5. The van der Waals surface area contributed by atoms with E-state index in [9.17, 15) is 29.1 Å². The number of aliphatic hydroxyl groups is 1. The molecule has 2 aliphatic carbocycles. The van der Waals surface area contributed by atoms with Gasteiger partial charge in [-0.1, -0.05) is 0 Å². The molecule has 4 unspecified atom stereocenters. The molecule has 0 radical (unpaired) electrons. The van der Waals surface area contributed by atoms with Gasteiger partial charge < -0.3 is 46.8 Å². The van der Waals surface area contributed by atoms with E-state index in [4.69, 9.17) is 41.7 Å². The first-order valence-corrected chi connectivity index (χ1v) is 15.6. The molecule has 15 nitrogen and oxygen atoms in total. The quantitative estimate of drug-likeness (QED) is 0.253. The van der Waals surface area contributed by atoms with Crippen molar-refractivity contribution >= 4 is 29.8 Å². The zero-order valence-electron chi connectivity index (χ0n) is 27.4. The van der Waals surface area contributed by atoms with Gasteiger partial charge in [-0.15, -0.1) is 0 Å². The highest BCUT2D eigenvalue weighted by Crippen LogP contribution is 2.69. The van der Waals surface area contributed by atoms with Gasteiger partial charge in [-0.3, -0.25) is 9.59 Å². The molecule has 8 atom stereocenters. The second kappa shape index (κ2) is 12.2. The molecule has 6 rings (SSSR count). The molecule has 2 saturated carbocycles. The summed E-state index contributed by atoms with van der Waals surface area (Å²) in [6.07, 6.45) is 0.838. The highest BCUT2D eigenvalue weighted by molar-refractivity contribution is 5.90. The van der Waals surface area contributed by atoms with Crippen LogP contribution in [0.5, 0.6) is 0 Å². The number of carbonyl (C=O) groups excluding carboxylic acids is 5. The van der Waals surface area contributed by atoms with Crippen LogP contribution >= 0.6 is 0 Å². The molecule has 3 aliphatic rings. The lowest BCUT2D eigenvalue weighted by Gasteiger charge is -2.65. The number of ether oxygens (including phenoxy) is 6. The fourth-order valence-corrected chi connectivity index (χ4v) is 7.95. The van der Waals surface area contributed by atoms with Crippen LogP contribution in [0.25, 0.3) is 0 Å². The summed E-state index contributed by atoms with van der Waals surface area (Å²) in [5, 5.41) is 12.7. The molecule has 1 aliphatic heterocycles. The maximum absolute atomic E-state index is 13.8. The average Bonchev–Trinajstić information content (AvgIpc) is 3.84. The molecule has 1 spiro atoms. The van der Waals surface area contributed by atoms with Crippen molar-refractivity contribution in [2.45, 2.75) is 88.7 Å². The molecule has 15 heteroatoms. The Balaban J connectivity index is 1.62. The zero-order valence-corrected chi connectivity index (χ0v) is 27.4. The Bertz CT molecular complexity index is 1700. The Morgan fingerprint density at radius 2 is 1.29 bits per heavy atom. The van der Waals surface area contributed by atoms with Gasteiger partial charge in [0.05, 0.1) is 46.7 Å². The van der Waals surface area contributed by atoms with Crippen molar-refractivity contribution in [3.8, 4) is 0 Å². The first kappa shape index (κ1) is 34.0. The predicted octanol–water partition coefficient (Wildman–Crippen LogP) is 3.65. The second-order valence-electron chi connectivity index (χ2n) is 13.3. The van der Waals surface area contributed by atoms with E-state index in [1.807, 2.05) is 0 Å². The Morgan fingerprint density at radius 1 is 0.755 bits per heavy atom. The predicted molar refractivity (Wildman–Crippen MR) is 160 cm³/mol. The number of furan rings is 3. The smallest absolute Gasteiger partial charge is 0.341 e. The van der Waals surface area contributed by atoms with Crippen LogP contribution in [0.1, 0.15) is 78.5 Å². The normalized spacial score (nSPS) is 32.7. The molecule has 262 valence electrons. The fourth-order valence-electron chi connectivity index (χ4n) is 7.95. The van der Waals surface area contributed by atoms with E-state index in [0.29, 0.717) is 0 Å². The van der Waals surface area contributed by atoms with Crippen molar-refractivity contribution in [1.82, 2.24) is 0 Å². The van der Waals surface area contributed by atoms with E-state index >= 15 is 0 Å². The lowest BCUT2D eigenvalue weighted by molar-refractivity contribution is -0.353. The molecular weight excluding hydrogens is 648 g/mol. The molecular formula is C34H36O15. The van der Waals surface area contributed by atoms with E-state index in [0.717, 1.165) is 19.5 Å². The minimum absolute atomic E-state index is 0.0107. The van der Waals surface area contributed by atoms with Crippen molar-refractivity contribution in [2.24, 2.45) is 11.3 Å². The summed E-state index contributed by atoms with van der Waals surface area (Å²) in [6.45, 7) is 6.42. The van der Waals surface area contributed by atoms with Gasteiger partial charge in [0.25, 0.3) is 0 Å². The highest BCUT2D eigenvalue weighted by Gasteiger charge is 2.86. The van der Waals surface area contributed by atoms with Crippen LogP contribution < -0.4 is 0 Å². The third kappa shape index (κ3) is 5.50. The summed E-state index contributed by atoms with van der Waals surface area (Å²) in [4.78, 5) is 66.3. The molecule has 1 N–H and O–H groups in total. The van der Waals surface area contributed by atoms with Gasteiger partial charge in [-0.25, -0.2) is 14.4 Å². The van der Waals surface area contributed by atoms with Crippen molar-refractivity contribution in [3.63, 3.8) is 0 Å². The van der Waals surface area contributed by atoms with Crippen LogP contribution in [0.3, 0.4) is 0 Å². The van der Waals surface area contributed by atoms with E-state index < -0.39 is 95.4 Å². The maximum atomic E-state index is 13.8. The summed E-state index contributed by atoms with van der Waals surface area (Å²) >= 11 is 0. The molecule has 49 heavy (non-hydrogen) atoms. The van der Waals surface area contributed by atoms with Gasteiger partial charge >= 0.3 is 29.8 Å². The van der Waals surface area contributed by atoms with Gasteiger partial charge in [0, 0.05) is 26.2 Å². The number of hydrogen-bond donors (Lipinski definition) is 1. The minimum atomic E-state index is -2.12. The monoisotopic (exact) mass is 684 g/mol. The van der Waals surface area contributed by atoms with Crippen molar-refractivity contribution in [1.29, 1.82) is 0 Å². The third-order valence-electron chi connectivity index (χ3n) is 9.88. The van der Waals surface area contributed by atoms with Gasteiger partial charge in [0.2, 0.25) is 0 Å². The van der Waals surface area contributed by atoms with Gasteiger partial charge in [-0.2, -0.15) is 0 Å². The van der Waals surface area contributed by atoms with E-state index in [1.165, 1.54) is 57.1 Å². The summed E-state index contributed by atoms with van der Waals surface area (Å²) < 4.78 is 52.1. The molecule has 1 saturated heterocycles.